The molecule has 1 saturated heterocycles. The molecule has 11 N–H and O–H groups in total. The predicted molar refractivity (Wildman–Crippen MR) is 178 cm³/mol. The van der Waals surface area contributed by atoms with Crippen molar-refractivity contribution in [3.63, 3.8) is 0 Å². The second kappa shape index (κ2) is 20.9. The fraction of sp³-hybridized carbons (Fsp3) is 0.742. The predicted octanol–water partition coefficient (Wildman–Crippen LogP) is -3.52. The average Bonchev–Trinajstić information content (AvgIpc) is 3.52. The number of nitrogens with two attached hydrogens (primary N) is 2. The molecular weight excluding hydrogens is 642 g/mol. The van der Waals surface area contributed by atoms with Crippen LogP contribution < -0.4 is 43.4 Å². The fourth-order valence-corrected chi connectivity index (χ4v) is 5.25. The van der Waals surface area contributed by atoms with Crippen LogP contribution in [0.25, 0.3) is 0 Å². The minimum absolute atomic E-state index is 0.246. The number of hydrogen-bond acceptors (Lipinski definition) is 10. The van der Waals surface area contributed by atoms with Gasteiger partial charge < -0.3 is 53.4 Å². The van der Waals surface area contributed by atoms with Crippen LogP contribution in [0.2, 0.25) is 0 Å². The number of hydrogen-bond donors (Lipinski definition) is 9. The summed E-state index contributed by atoms with van der Waals surface area (Å²) >= 11 is 0. The van der Waals surface area contributed by atoms with Crippen LogP contribution in [0, 0.1) is 11.8 Å². The van der Waals surface area contributed by atoms with E-state index in [2.05, 4.69) is 31.9 Å². The lowest BCUT2D eigenvalue weighted by Gasteiger charge is -2.31. The van der Waals surface area contributed by atoms with E-state index in [1.807, 2.05) is 0 Å². The number of aliphatic hydroxyl groups is 1. The van der Waals surface area contributed by atoms with Crippen molar-refractivity contribution in [2.24, 2.45) is 23.3 Å². The highest BCUT2D eigenvalue weighted by molar-refractivity contribution is 5.97. The van der Waals surface area contributed by atoms with Crippen molar-refractivity contribution in [1.82, 2.24) is 36.8 Å². The fourth-order valence-electron chi connectivity index (χ4n) is 5.25. The maximum atomic E-state index is 13.5. The third-order valence-corrected chi connectivity index (χ3v) is 7.95. The number of carbonyl (C=O) groups excluding carboxylic acids is 8. The number of amides is 8. The lowest BCUT2D eigenvalue weighted by Crippen LogP contribution is -2.61. The van der Waals surface area contributed by atoms with Gasteiger partial charge in [0.15, 0.2) is 0 Å². The first-order valence-electron chi connectivity index (χ1n) is 16.6. The molecule has 278 valence electrons. The van der Waals surface area contributed by atoms with Gasteiger partial charge in [-0.05, 0) is 57.4 Å². The molecule has 1 fully saturated rings. The second-order valence-electron chi connectivity index (χ2n) is 12.8. The van der Waals surface area contributed by atoms with E-state index in [-0.39, 0.29) is 6.54 Å². The molecule has 0 aromatic carbocycles. The van der Waals surface area contributed by atoms with E-state index < -0.39 is 108 Å². The van der Waals surface area contributed by atoms with Crippen molar-refractivity contribution in [3.05, 3.63) is 0 Å². The standard InChI is InChI=1S/C31H55N9O9/c1-16(2)24(29(47)37-21(15-41)26(44)34-14-23(33)43)39-30(48)25(17(3)4)38-28(46)22-11-9-13-40(22)31(49)18(5)35-27(45)20(36-19(6)42)10-7-8-12-32/h16-18,20-22,24-25,41H,7-15,32H2,1-6H3,(H2,33,43)(H,34,44)(H,35,45)(H,36,42)(H,37,47)(H,38,46)(H,39,48)/t18-,20-,21-,22-,24-,25-/m0/s1. The molecule has 0 unspecified atom stereocenters. The van der Waals surface area contributed by atoms with Crippen molar-refractivity contribution in [2.45, 2.75) is 110 Å². The summed E-state index contributed by atoms with van der Waals surface area (Å²) < 4.78 is 0. The third kappa shape index (κ3) is 14.0. The zero-order valence-electron chi connectivity index (χ0n) is 29.3. The average molecular weight is 698 g/mol. The molecule has 0 aromatic heterocycles. The number of likely N-dealkylation sites (tertiary alicyclic amines) is 1. The van der Waals surface area contributed by atoms with E-state index in [4.69, 9.17) is 11.5 Å². The van der Waals surface area contributed by atoms with Gasteiger partial charge in [-0.15, -0.1) is 0 Å². The minimum atomic E-state index is -1.42. The second-order valence-corrected chi connectivity index (χ2v) is 12.8. The summed E-state index contributed by atoms with van der Waals surface area (Å²) in [7, 11) is 0. The maximum absolute atomic E-state index is 13.5. The highest BCUT2D eigenvalue weighted by atomic mass is 16.3. The quantitative estimate of drug-likeness (QED) is 0.0565. The number of primary amides is 1. The van der Waals surface area contributed by atoms with Crippen LogP contribution in [0.3, 0.4) is 0 Å². The lowest BCUT2D eigenvalue weighted by atomic mass is 9.99. The van der Waals surface area contributed by atoms with Crippen molar-refractivity contribution >= 4 is 47.3 Å². The van der Waals surface area contributed by atoms with Crippen LogP contribution in [-0.4, -0.2) is 120 Å². The molecule has 18 nitrogen and oxygen atoms in total. The molecule has 1 rings (SSSR count). The summed E-state index contributed by atoms with van der Waals surface area (Å²) in [4.78, 5) is 103. The Hall–Kier alpha value is -4.32. The summed E-state index contributed by atoms with van der Waals surface area (Å²) in [6.45, 7) is 8.84. The van der Waals surface area contributed by atoms with Crippen LogP contribution >= 0.6 is 0 Å². The summed E-state index contributed by atoms with van der Waals surface area (Å²) in [5, 5.41) is 24.7. The number of carbonyl (C=O) groups is 8. The molecule has 49 heavy (non-hydrogen) atoms. The number of nitrogens with zero attached hydrogens (tertiary/aromatic N) is 1. The van der Waals surface area contributed by atoms with Crippen LogP contribution in [0.15, 0.2) is 0 Å². The Morgan fingerprint density at radius 1 is 0.776 bits per heavy atom. The maximum Gasteiger partial charge on any atom is 0.245 e. The molecule has 18 heteroatoms. The summed E-state index contributed by atoms with van der Waals surface area (Å²) in [5.74, 6) is -6.10. The molecule has 0 aliphatic carbocycles. The summed E-state index contributed by atoms with van der Waals surface area (Å²) in [6.07, 6.45) is 2.41. The molecule has 0 aromatic rings. The van der Waals surface area contributed by atoms with Crippen LogP contribution in [-0.2, 0) is 38.4 Å². The monoisotopic (exact) mass is 697 g/mol. The van der Waals surface area contributed by atoms with Crippen molar-refractivity contribution in [2.75, 3.05) is 26.2 Å². The van der Waals surface area contributed by atoms with E-state index in [1.54, 1.807) is 27.7 Å². The first-order valence-corrected chi connectivity index (χ1v) is 16.6. The number of aliphatic hydroxyl groups excluding tert-OH is 1. The Kier molecular flexibility index (Phi) is 18.2. The number of rotatable bonds is 20. The third-order valence-electron chi connectivity index (χ3n) is 7.95. The molecule has 1 aliphatic heterocycles. The number of unbranched alkanes of at least 4 members (excludes halogenated alkanes) is 1. The van der Waals surface area contributed by atoms with Crippen LogP contribution in [0.4, 0.5) is 0 Å². The smallest absolute Gasteiger partial charge is 0.245 e. The van der Waals surface area contributed by atoms with E-state index in [1.165, 1.54) is 18.7 Å². The Labute approximate surface area is 287 Å². The van der Waals surface area contributed by atoms with E-state index >= 15 is 0 Å². The van der Waals surface area contributed by atoms with Gasteiger partial charge in [0.25, 0.3) is 0 Å². The first kappa shape index (κ1) is 42.7. The van der Waals surface area contributed by atoms with Crippen molar-refractivity contribution in [1.29, 1.82) is 0 Å². The molecule has 8 amide bonds. The van der Waals surface area contributed by atoms with Crippen molar-refractivity contribution in [3.8, 4) is 0 Å². The molecule has 1 heterocycles. The van der Waals surface area contributed by atoms with Crippen LogP contribution in [0.1, 0.15) is 73.6 Å². The molecule has 0 radical (unpaired) electrons. The van der Waals surface area contributed by atoms with Crippen molar-refractivity contribution < 1.29 is 43.5 Å². The van der Waals surface area contributed by atoms with E-state index in [9.17, 15) is 43.5 Å². The van der Waals surface area contributed by atoms with Gasteiger partial charge in [-0.1, -0.05) is 27.7 Å². The highest BCUT2D eigenvalue weighted by Crippen LogP contribution is 2.20. The zero-order valence-corrected chi connectivity index (χ0v) is 29.3. The van der Waals surface area contributed by atoms with Gasteiger partial charge in [0.05, 0.1) is 13.2 Å². The molecule has 0 spiro atoms. The van der Waals surface area contributed by atoms with Gasteiger partial charge in [0.2, 0.25) is 47.3 Å². The van der Waals surface area contributed by atoms with Gasteiger partial charge in [0, 0.05) is 13.5 Å². The first-order chi connectivity index (χ1) is 22.9. The molecule has 0 bridgehead atoms. The Balaban J connectivity index is 2.98. The summed E-state index contributed by atoms with van der Waals surface area (Å²) in [6, 6.07) is -6.50. The number of nitrogens with one attached hydrogen (secondary N) is 6. The SMILES string of the molecule is CC(=O)N[C@@H](CCCCN)C(=O)N[C@@H](C)C(=O)N1CCC[C@H]1C(=O)N[C@H](C(=O)N[C@H](C(=O)N[C@@H](CO)C(=O)NCC(N)=O)C(C)C)C(C)C. The topological polar surface area (TPSA) is 284 Å². The van der Waals surface area contributed by atoms with E-state index in [0.29, 0.717) is 38.6 Å². The van der Waals surface area contributed by atoms with Gasteiger partial charge >= 0.3 is 0 Å². The summed E-state index contributed by atoms with van der Waals surface area (Å²) in [5.41, 5.74) is 10.5. The van der Waals surface area contributed by atoms with Gasteiger partial charge in [-0.2, -0.15) is 0 Å². The Bertz CT molecular complexity index is 1200. The molecule has 1 aliphatic rings. The Morgan fingerprint density at radius 2 is 1.37 bits per heavy atom. The minimum Gasteiger partial charge on any atom is -0.394 e. The van der Waals surface area contributed by atoms with E-state index in [0.717, 1.165) is 0 Å². The zero-order chi connectivity index (χ0) is 37.4. The van der Waals surface area contributed by atoms with Gasteiger partial charge in [0.1, 0.15) is 36.3 Å². The Morgan fingerprint density at radius 3 is 1.90 bits per heavy atom. The van der Waals surface area contributed by atoms with Gasteiger partial charge in [-0.25, -0.2) is 0 Å². The molecule has 6 atom stereocenters. The molecular formula is C31H55N9O9. The molecule has 0 saturated carbocycles. The largest absolute Gasteiger partial charge is 0.394 e. The highest BCUT2D eigenvalue weighted by Gasteiger charge is 2.39. The lowest BCUT2D eigenvalue weighted by molar-refractivity contribution is -0.142. The van der Waals surface area contributed by atoms with Gasteiger partial charge in [-0.3, -0.25) is 38.4 Å². The van der Waals surface area contributed by atoms with Crippen LogP contribution in [0.5, 0.6) is 0 Å². The normalized spacial score (nSPS) is 17.3.